The second kappa shape index (κ2) is 48.9. The summed E-state index contributed by atoms with van der Waals surface area (Å²) in [4.78, 5) is 69.0. The molecule has 4 rings (SSSR count). The van der Waals surface area contributed by atoms with Crippen molar-refractivity contribution in [2.45, 2.75) is 83.0 Å². The first-order valence-corrected chi connectivity index (χ1v) is 34.0. The van der Waals surface area contributed by atoms with E-state index in [4.69, 9.17) is 47.6 Å². The molecule has 2 heterocycles. The van der Waals surface area contributed by atoms with Crippen LogP contribution in [-0.2, 0) is 66.7 Å². The van der Waals surface area contributed by atoms with Crippen molar-refractivity contribution >= 4 is 91.9 Å². The van der Waals surface area contributed by atoms with Gasteiger partial charge in [-0.15, -0.1) is 35.3 Å². The Balaban J connectivity index is 1.16. The van der Waals surface area contributed by atoms with Gasteiger partial charge in [-0.2, -0.15) is 0 Å². The predicted octanol–water partition coefficient (Wildman–Crippen LogP) is 7.69. The van der Waals surface area contributed by atoms with E-state index in [1.54, 1.807) is 38.2 Å². The highest BCUT2D eigenvalue weighted by Gasteiger charge is 2.22. The fourth-order valence-corrected chi connectivity index (χ4v) is 13.4. The number of amides is 4. The van der Waals surface area contributed by atoms with Gasteiger partial charge in [-0.05, 0) is 51.2 Å². The topological polar surface area (TPSA) is 225 Å². The van der Waals surface area contributed by atoms with Crippen molar-refractivity contribution in [3.8, 4) is 0 Å². The van der Waals surface area contributed by atoms with Crippen molar-refractivity contribution in [3.63, 3.8) is 0 Å². The molecule has 3 N–H and O–H groups in total. The number of nitrogens with zero attached hydrogens (tertiary/aromatic N) is 3. The van der Waals surface area contributed by atoms with Gasteiger partial charge in [-0.1, -0.05) is 81.2 Å². The molecule has 20 nitrogen and oxygen atoms in total. The van der Waals surface area contributed by atoms with E-state index in [0.29, 0.717) is 137 Å². The van der Waals surface area contributed by atoms with Crippen molar-refractivity contribution in [2.75, 3.05) is 175 Å². The first-order chi connectivity index (χ1) is 40.3. The SMILES string of the molecule is CCC1=NOCCOCCOCCOCCOCCC(=O)NCCN(C(=O)CCCCCNC(=O)CCSSc2ccccc2)CCNC(=O)CCOCCOCCOCCOCCON=C2CSC3=C(SC2)/C(=C(/C)CCC=C3)SC1. The molecule has 0 aromatic heterocycles. The molecule has 3 aliphatic rings. The fraction of sp³-hybridized carbons (Fsp3) is 0.684. The lowest BCUT2D eigenvalue weighted by Gasteiger charge is -2.23. The number of carbonyl (C=O) groups excluding carboxylic acids is 4. The lowest BCUT2D eigenvalue weighted by molar-refractivity contribution is -0.132. The number of hydrogen-bond acceptors (Lipinski definition) is 21. The third kappa shape index (κ3) is 35.9. The number of benzene rings is 1. The number of allylic oxidation sites excluding steroid dienone is 3. The minimum Gasteiger partial charge on any atom is -0.393 e. The highest BCUT2D eigenvalue weighted by molar-refractivity contribution is 8.76. The molecule has 0 fully saturated rings. The van der Waals surface area contributed by atoms with Gasteiger partial charge in [0.05, 0.1) is 117 Å². The van der Waals surface area contributed by atoms with E-state index >= 15 is 0 Å². The van der Waals surface area contributed by atoms with E-state index in [-0.39, 0.29) is 75.9 Å². The van der Waals surface area contributed by atoms with E-state index in [1.807, 2.05) is 53.9 Å². The maximum absolute atomic E-state index is 13.4. The molecule has 0 saturated heterocycles. The van der Waals surface area contributed by atoms with Crippen LogP contribution in [-0.4, -0.2) is 215 Å². The Morgan fingerprint density at radius 3 is 1.74 bits per heavy atom. The summed E-state index contributed by atoms with van der Waals surface area (Å²) < 4.78 is 45.1. The van der Waals surface area contributed by atoms with Crippen LogP contribution in [0, 0.1) is 0 Å². The maximum Gasteiger partial charge on any atom is 0.222 e. The van der Waals surface area contributed by atoms with Gasteiger partial charge in [0.15, 0.2) is 0 Å². The Labute approximate surface area is 507 Å². The summed E-state index contributed by atoms with van der Waals surface area (Å²) in [5, 5.41) is 17.7. The van der Waals surface area contributed by atoms with Crippen LogP contribution in [0.25, 0.3) is 0 Å². The molecule has 82 heavy (non-hydrogen) atoms. The van der Waals surface area contributed by atoms with Crippen molar-refractivity contribution in [3.05, 3.63) is 62.8 Å². The summed E-state index contributed by atoms with van der Waals surface area (Å²) in [5.41, 5.74) is 3.34. The third-order valence-electron chi connectivity index (χ3n) is 12.0. The van der Waals surface area contributed by atoms with Gasteiger partial charge in [-0.3, -0.25) is 19.2 Å². The Morgan fingerprint density at radius 2 is 1.16 bits per heavy atom. The van der Waals surface area contributed by atoms with Crippen LogP contribution in [0.5, 0.6) is 0 Å². The molecule has 1 aliphatic carbocycles. The van der Waals surface area contributed by atoms with Crippen LogP contribution in [0.15, 0.2) is 78.0 Å². The molecule has 2 bridgehead atoms. The Morgan fingerprint density at radius 1 is 0.622 bits per heavy atom. The monoisotopic (exact) mass is 1240 g/mol. The average molecular weight is 1240 g/mol. The molecule has 2 aliphatic heterocycles. The summed E-state index contributed by atoms with van der Waals surface area (Å²) in [6.07, 6.45) is 10.5. The lowest BCUT2D eigenvalue weighted by Crippen LogP contribution is -2.42. The zero-order chi connectivity index (χ0) is 58.2. The van der Waals surface area contributed by atoms with Gasteiger partial charge in [0, 0.05) is 101 Å². The van der Waals surface area contributed by atoms with Crippen molar-refractivity contribution in [1.82, 2.24) is 20.9 Å². The first kappa shape index (κ1) is 71.2. The number of thioether (sulfide) groups is 3. The van der Waals surface area contributed by atoms with Gasteiger partial charge in [0.25, 0.3) is 0 Å². The summed E-state index contributed by atoms with van der Waals surface area (Å²) >= 11 is 5.43. The summed E-state index contributed by atoms with van der Waals surface area (Å²) in [6.45, 7) is 12.6. The highest BCUT2D eigenvalue weighted by atomic mass is 33.1. The molecule has 25 heteroatoms. The zero-order valence-corrected chi connectivity index (χ0v) is 52.4. The van der Waals surface area contributed by atoms with Crippen LogP contribution < -0.4 is 16.0 Å². The molecule has 0 atom stereocenters. The summed E-state index contributed by atoms with van der Waals surface area (Å²) in [5.74, 6) is 2.49. The maximum atomic E-state index is 13.4. The predicted molar refractivity (Wildman–Crippen MR) is 332 cm³/mol. The number of nitrogens with one attached hydrogen (secondary N) is 3. The van der Waals surface area contributed by atoms with E-state index in [2.05, 4.69) is 52.3 Å². The van der Waals surface area contributed by atoms with E-state index in [0.717, 1.165) is 65.7 Å². The van der Waals surface area contributed by atoms with Gasteiger partial charge in [-0.25, -0.2) is 0 Å². The van der Waals surface area contributed by atoms with E-state index < -0.39 is 0 Å². The van der Waals surface area contributed by atoms with E-state index in [1.165, 1.54) is 20.3 Å². The van der Waals surface area contributed by atoms with E-state index in [9.17, 15) is 19.2 Å². The Hall–Kier alpha value is -3.31. The average Bonchev–Trinajstić information content (AvgIpc) is 3.69. The normalized spacial score (nSPS) is 21.0. The molecule has 4 amide bonds. The van der Waals surface area contributed by atoms with Gasteiger partial charge in [0.1, 0.15) is 13.2 Å². The van der Waals surface area contributed by atoms with Crippen molar-refractivity contribution in [1.29, 1.82) is 0 Å². The van der Waals surface area contributed by atoms with Crippen LogP contribution in [0.4, 0.5) is 0 Å². The van der Waals surface area contributed by atoms with Gasteiger partial charge < -0.3 is 68.4 Å². The number of ether oxygens (including phenoxy) is 8. The summed E-state index contributed by atoms with van der Waals surface area (Å²) in [7, 11) is 3.31. The molecule has 0 spiro atoms. The molecule has 0 saturated carbocycles. The summed E-state index contributed by atoms with van der Waals surface area (Å²) in [6, 6.07) is 10.1. The number of hydrogen-bond donors (Lipinski definition) is 3. The second-order valence-corrected chi connectivity index (χ2v) is 24.0. The number of carbonyl (C=O) groups is 4. The molecular formula is C57H90N6O14S5. The largest absolute Gasteiger partial charge is 0.393 e. The molecule has 462 valence electrons. The quantitative estimate of drug-likeness (QED) is 0.135. The molecule has 0 unspecified atom stereocenters. The Bertz CT molecular complexity index is 2090. The number of fused-ring (bicyclic) bond motifs is 2. The first-order valence-electron chi connectivity index (χ1n) is 28.7. The van der Waals surface area contributed by atoms with Crippen LogP contribution in [0.1, 0.15) is 78.1 Å². The highest BCUT2D eigenvalue weighted by Crippen LogP contribution is 2.44. The smallest absolute Gasteiger partial charge is 0.222 e. The van der Waals surface area contributed by atoms with Crippen LogP contribution in [0.3, 0.4) is 0 Å². The van der Waals surface area contributed by atoms with Crippen LogP contribution >= 0.6 is 56.9 Å². The fourth-order valence-electron chi connectivity index (χ4n) is 7.47. The molecule has 1 aromatic carbocycles. The van der Waals surface area contributed by atoms with Crippen molar-refractivity contribution in [2.24, 2.45) is 10.3 Å². The van der Waals surface area contributed by atoms with Gasteiger partial charge >= 0.3 is 0 Å². The molecular weight excluding hydrogens is 1150 g/mol. The standard InChI is InChI=1S/C57H90N6O14S5/c1-3-48-44-79-56-47(2)12-9-10-15-51-57(56)80-46-49(45-78-51)62-77-42-40-75-38-36-73-34-32-71-30-28-69-26-18-53(65)60-22-24-63(55(67)16-8-5-11-20-58-54(66)19-43-81-82-50-13-6-4-7-14-50)23-21-59-52(64)17-25-68-27-29-70-31-33-72-35-37-74-39-41-76-61-48/h4,6-7,10,13-15H,3,5,8-9,11-12,16-46H2,1-2H3,(H,58,66)(H,59,64)(H,60,65)/b15-10?,56-47+,61-48?,62-49?. The zero-order valence-electron chi connectivity index (χ0n) is 48.3. The number of rotatable bonds is 12. The van der Waals surface area contributed by atoms with Crippen LogP contribution in [0.2, 0.25) is 0 Å². The lowest BCUT2D eigenvalue weighted by atomic mass is 10.1. The minimum atomic E-state index is -0.195. The number of oxime groups is 2. The van der Waals surface area contributed by atoms with Crippen molar-refractivity contribution < 1.29 is 66.7 Å². The Kier molecular flexibility index (Phi) is 42.4. The minimum absolute atomic E-state index is 0.0164. The second-order valence-electron chi connectivity index (χ2n) is 18.6. The third-order valence-corrected chi connectivity index (χ3v) is 18.3. The van der Waals surface area contributed by atoms with Gasteiger partial charge in [0.2, 0.25) is 23.6 Å². The molecule has 1 aromatic rings. The number of unbranched alkanes of at least 4 members (excludes halogenated alkanes) is 2. The molecule has 0 radical (unpaired) electrons.